The molecule has 11 nitrogen and oxygen atoms in total. The van der Waals surface area contributed by atoms with Crippen molar-refractivity contribution in [2.45, 2.75) is 70.5 Å². The minimum absolute atomic E-state index is 0.0346. The lowest BCUT2D eigenvalue weighted by atomic mass is 9.99. The van der Waals surface area contributed by atoms with Crippen molar-refractivity contribution in [2.75, 3.05) is 18.4 Å². The molecule has 3 aromatic heterocycles. The fourth-order valence-corrected chi connectivity index (χ4v) is 7.96. The van der Waals surface area contributed by atoms with Crippen molar-refractivity contribution in [2.24, 2.45) is 5.92 Å². The maximum atomic E-state index is 13.8. The van der Waals surface area contributed by atoms with Gasteiger partial charge in [0.15, 0.2) is 0 Å². The number of H-pyrrole nitrogens is 2. The fourth-order valence-electron chi connectivity index (χ4n) is 7.96. The van der Waals surface area contributed by atoms with Crippen molar-refractivity contribution in [3.63, 3.8) is 0 Å². The van der Waals surface area contributed by atoms with Crippen molar-refractivity contribution in [3.8, 4) is 33.6 Å². The van der Waals surface area contributed by atoms with Gasteiger partial charge in [-0.15, -0.1) is 0 Å². The molecule has 2 fully saturated rings. The van der Waals surface area contributed by atoms with E-state index in [9.17, 15) is 9.59 Å². The van der Waals surface area contributed by atoms with Gasteiger partial charge in [0, 0.05) is 25.5 Å². The first-order chi connectivity index (χ1) is 26.8. The number of carbonyl (C=O) groups excluding carboxylic acids is 2. The topological polar surface area (TPSA) is 136 Å². The van der Waals surface area contributed by atoms with Gasteiger partial charge in [0.2, 0.25) is 17.8 Å². The van der Waals surface area contributed by atoms with Gasteiger partial charge in [0.05, 0.1) is 41.8 Å². The average molecular weight is 734 g/mol. The Hall–Kier alpha value is -6.10. The van der Waals surface area contributed by atoms with E-state index < -0.39 is 6.04 Å². The van der Waals surface area contributed by atoms with Crippen molar-refractivity contribution in [1.29, 1.82) is 0 Å². The number of nitrogens with one attached hydrogen (secondary N) is 3. The number of hydrogen-bond acceptors (Lipinski definition) is 7. The summed E-state index contributed by atoms with van der Waals surface area (Å²) in [6.07, 6.45) is 10.7. The average Bonchev–Trinajstić information content (AvgIpc) is 4.07. The highest BCUT2D eigenvalue weighted by Crippen LogP contribution is 2.36. The second-order valence-corrected chi connectivity index (χ2v) is 15.0. The molecular formula is C44H47N9O2. The Kier molecular flexibility index (Phi) is 10.3. The fraction of sp³-hybridized carbons (Fsp3) is 0.318. The Morgan fingerprint density at radius 2 is 1.13 bits per heavy atom. The van der Waals surface area contributed by atoms with Crippen LogP contribution in [0.15, 0.2) is 110 Å². The number of rotatable bonds is 11. The third kappa shape index (κ3) is 7.51. The van der Waals surface area contributed by atoms with E-state index in [2.05, 4.69) is 73.8 Å². The van der Waals surface area contributed by atoms with Crippen LogP contribution in [0.5, 0.6) is 0 Å². The Morgan fingerprint density at radius 1 is 0.636 bits per heavy atom. The first kappa shape index (κ1) is 35.9. The molecule has 6 aromatic rings. The van der Waals surface area contributed by atoms with E-state index in [4.69, 9.17) is 9.97 Å². The zero-order chi connectivity index (χ0) is 37.9. The summed E-state index contributed by atoms with van der Waals surface area (Å²) in [5, 5.41) is 3.25. The van der Waals surface area contributed by atoms with Crippen molar-refractivity contribution >= 4 is 17.8 Å². The van der Waals surface area contributed by atoms with Crippen LogP contribution in [0.3, 0.4) is 0 Å². The molecule has 0 radical (unpaired) electrons. The summed E-state index contributed by atoms with van der Waals surface area (Å²) < 4.78 is 0. The highest BCUT2D eigenvalue weighted by Gasteiger charge is 2.37. The molecule has 0 bridgehead atoms. The number of aromatic nitrogens is 6. The van der Waals surface area contributed by atoms with Gasteiger partial charge in [-0.25, -0.2) is 19.9 Å². The van der Waals surface area contributed by atoms with Crippen LogP contribution in [-0.4, -0.2) is 70.6 Å². The number of hydrogen-bond donors (Lipinski definition) is 3. The molecule has 0 spiro atoms. The van der Waals surface area contributed by atoms with Gasteiger partial charge >= 0.3 is 0 Å². The van der Waals surface area contributed by atoms with E-state index in [1.165, 1.54) is 0 Å². The second-order valence-electron chi connectivity index (χ2n) is 15.0. The molecular weight excluding hydrogens is 687 g/mol. The number of anilines is 1. The molecule has 0 saturated carbocycles. The summed E-state index contributed by atoms with van der Waals surface area (Å²) >= 11 is 0. The van der Waals surface area contributed by atoms with Crippen LogP contribution in [0, 0.1) is 5.92 Å². The molecule has 2 saturated heterocycles. The highest BCUT2D eigenvalue weighted by molar-refractivity contribution is 5.85. The molecule has 5 heterocycles. The molecule has 3 N–H and O–H groups in total. The summed E-state index contributed by atoms with van der Waals surface area (Å²) in [6.45, 7) is 7.48. The molecule has 3 aromatic carbocycles. The van der Waals surface area contributed by atoms with E-state index >= 15 is 0 Å². The van der Waals surface area contributed by atoms with E-state index in [0.717, 1.165) is 83.1 Å². The molecule has 4 atom stereocenters. The number of imidazole rings is 2. The van der Waals surface area contributed by atoms with E-state index in [1.807, 2.05) is 73.3 Å². The molecule has 2 aliphatic heterocycles. The third-order valence-corrected chi connectivity index (χ3v) is 11.1. The second kappa shape index (κ2) is 15.7. The summed E-state index contributed by atoms with van der Waals surface area (Å²) in [6, 6.07) is 28.1. The quantitative estimate of drug-likeness (QED) is 0.122. The monoisotopic (exact) mass is 733 g/mol. The maximum absolute atomic E-state index is 13.8. The SMILES string of the molecule is CC(C)[C@H](Nc1ncccn1)C(=O)N1CCC[C@H]1c1ncc(-c2ccc(-c3ccc(-c4cnc([C@@H]5CCCN5C(=O)[C@H](C)c5ccccc5)[nH]4)cc3)cc2)[nH]1. The lowest BCUT2D eigenvalue weighted by molar-refractivity contribution is -0.134. The van der Waals surface area contributed by atoms with Crippen molar-refractivity contribution in [3.05, 3.63) is 127 Å². The summed E-state index contributed by atoms with van der Waals surface area (Å²) in [7, 11) is 0. The minimum Gasteiger partial charge on any atom is -0.342 e. The van der Waals surface area contributed by atoms with Gasteiger partial charge in [0.25, 0.3) is 0 Å². The Morgan fingerprint density at radius 3 is 1.64 bits per heavy atom. The third-order valence-electron chi connectivity index (χ3n) is 11.1. The summed E-state index contributed by atoms with van der Waals surface area (Å²) in [5.74, 6) is 2.13. The Balaban J connectivity index is 0.915. The number of amides is 2. The largest absolute Gasteiger partial charge is 0.342 e. The van der Waals surface area contributed by atoms with Crippen LogP contribution in [0.4, 0.5) is 5.95 Å². The van der Waals surface area contributed by atoms with Crippen LogP contribution in [-0.2, 0) is 9.59 Å². The number of likely N-dealkylation sites (tertiary alicyclic amines) is 2. The zero-order valence-electron chi connectivity index (χ0n) is 31.5. The Bertz CT molecular complexity index is 2220. The van der Waals surface area contributed by atoms with Gasteiger partial charge in [0.1, 0.15) is 17.7 Å². The van der Waals surface area contributed by atoms with Crippen molar-refractivity contribution < 1.29 is 9.59 Å². The van der Waals surface area contributed by atoms with E-state index in [-0.39, 0.29) is 35.7 Å². The predicted molar refractivity (Wildman–Crippen MR) is 214 cm³/mol. The van der Waals surface area contributed by atoms with Crippen LogP contribution in [0.2, 0.25) is 0 Å². The number of benzene rings is 3. The summed E-state index contributed by atoms with van der Waals surface area (Å²) in [4.78, 5) is 56.4. The first-order valence-corrected chi connectivity index (χ1v) is 19.3. The molecule has 0 unspecified atom stereocenters. The standard InChI is InChI=1S/C44H47N9O2/c1-28(2)39(51-44-45-22-9-23-46-44)43(55)53-25-8-13-38(53)41-48-27-36(50-41)34-20-16-32(17-21-34)31-14-18-33(19-15-31)35-26-47-40(49-35)37-12-7-24-52(37)42(54)29(3)30-10-5-4-6-11-30/h4-6,9-11,14-23,26-29,37-39H,7-8,12-13,24-25H2,1-3H3,(H,47,49)(H,48,50)(H,45,46,51)/t29-,37+,38+,39+/m1/s1. The molecule has 55 heavy (non-hydrogen) atoms. The minimum atomic E-state index is -0.440. The van der Waals surface area contributed by atoms with Gasteiger partial charge in [-0.05, 0) is 72.4 Å². The van der Waals surface area contributed by atoms with Gasteiger partial charge in [-0.3, -0.25) is 9.59 Å². The first-order valence-electron chi connectivity index (χ1n) is 19.3. The molecule has 2 amide bonds. The lowest BCUT2D eigenvalue weighted by Gasteiger charge is -2.30. The maximum Gasteiger partial charge on any atom is 0.246 e. The van der Waals surface area contributed by atoms with Crippen LogP contribution >= 0.6 is 0 Å². The number of carbonyl (C=O) groups is 2. The molecule has 2 aliphatic rings. The van der Waals surface area contributed by atoms with Crippen LogP contribution < -0.4 is 5.32 Å². The van der Waals surface area contributed by atoms with Gasteiger partial charge in [-0.2, -0.15) is 0 Å². The molecule has 0 aliphatic carbocycles. The molecule has 280 valence electrons. The zero-order valence-corrected chi connectivity index (χ0v) is 31.5. The van der Waals surface area contributed by atoms with Crippen LogP contribution in [0.25, 0.3) is 33.6 Å². The van der Waals surface area contributed by atoms with E-state index in [0.29, 0.717) is 12.5 Å². The van der Waals surface area contributed by atoms with E-state index in [1.54, 1.807) is 18.5 Å². The van der Waals surface area contributed by atoms with Gasteiger partial charge in [-0.1, -0.05) is 92.7 Å². The lowest BCUT2D eigenvalue weighted by Crippen LogP contribution is -2.45. The Labute approximate surface area is 321 Å². The summed E-state index contributed by atoms with van der Waals surface area (Å²) in [5.41, 5.74) is 7.17. The van der Waals surface area contributed by atoms with Crippen molar-refractivity contribution in [1.82, 2.24) is 39.7 Å². The number of aromatic amines is 2. The van der Waals surface area contributed by atoms with Gasteiger partial charge < -0.3 is 25.1 Å². The number of nitrogens with zero attached hydrogens (tertiary/aromatic N) is 6. The normalized spacial score (nSPS) is 18.1. The molecule has 11 heteroatoms. The molecule has 8 rings (SSSR count). The highest BCUT2D eigenvalue weighted by atomic mass is 16.2. The predicted octanol–water partition coefficient (Wildman–Crippen LogP) is 8.19. The smallest absolute Gasteiger partial charge is 0.246 e. The van der Waals surface area contributed by atoms with Crippen LogP contribution in [0.1, 0.15) is 81.7 Å².